The number of amides is 2. The number of anilines is 1. The highest BCUT2D eigenvalue weighted by atomic mass is 32.2. The predicted molar refractivity (Wildman–Crippen MR) is 130 cm³/mol. The molecule has 0 atom stereocenters. The third-order valence-electron chi connectivity index (χ3n) is 6.23. The molecule has 0 aliphatic carbocycles. The lowest BCUT2D eigenvalue weighted by Gasteiger charge is -2.35. The molecule has 34 heavy (non-hydrogen) atoms. The summed E-state index contributed by atoms with van der Waals surface area (Å²) < 4.78 is 1.72. The maximum Gasteiger partial charge on any atom is 0.255 e. The molecule has 10 heteroatoms. The molecule has 2 aromatic carbocycles. The van der Waals surface area contributed by atoms with Crippen LogP contribution in [0, 0.1) is 0 Å². The van der Waals surface area contributed by atoms with E-state index in [0.29, 0.717) is 43.4 Å². The summed E-state index contributed by atoms with van der Waals surface area (Å²) in [7, 11) is 0. The molecular formula is C24H27N7O2S. The highest BCUT2D eigenvalue weighted by Gasteiger charge is 2.27. The van der Waals surface area contributed by atoms with Crippen molar-refractivity contribution in [2.24, 2.45) is 0 Å². The molecule has 2 amide bonds. The van der Waals surface area contributed by atoms with E-state index in [2.05, 4.69) is 20.4 Å². The first-order chi connectivity index (χ1) is 16.7. The van der Waals surface area contributed by atoms with Crippen LogP contribution in [-0.4, -0.2) is 86.8 Å². The van der Waals surface area contributed by atoms with Gasteiger partial charge in [-0.25, -0.2) is 0 Å². The Labute approximate surface area is 202 Å². The lowest BCUT2D eigenvalue weighted by molar-refractivity contribution is -0.127. The van der Waals surface area contributed by atoms with E-state index in [9.17, 15) is 9.59 Å². The Kier molecular flexibility index (Phi) is 6.75. The second-order valence-electron chi connectivity index (χ2n) is 8.38. The molecular weight excluding hydrogens is 450 g/mol. The molecule has 176 valence electrons. The van der Waals surface area contributed by atoms with Crippen molar-refractivity contribution in [2.45, 2.75) is 17.7 Å². The summed E-state index contributed by atoms with van der Waals surface area (Å²) in [6.45, 7) is 4.12. The molecule has 2 saturated heterocycles. The Morgan fingerprint density at radius 1 is 0.824 bits per heavy atom. The summed E-state index contributed by atoms with van der Waals surface area (Å²) in [5.41, 5.74) is 1.56. The maximum absolute atomic E-state index is 13.4. The Morgan fingerprint density at radius 3 is 2.29 bits per heavy atom. The summed E-state index contributed by atoms with van der Waals surface area (Å²) in [6.07, 6.45) is 2.16. The van der Waals surface area contributed by atoms with Crippen molar-refractivity contribution in [1.82, 2.24) is 30.0 Å². The third-order valence-corrected chi connectivity index (χ3v) is 7.29. The number of para-hydroxylation sites is 1. The van der Waals surface area contributed by atoms with Gasteiger partial charge in [-0.1, -0.05) is 35.4 Å². The number of carbonyl (C=O) groups excluding carboxylic acids is 2. The highest BCUT2D eigenvalue weighted by Crippen LogP contribution is 2.26. The van der Waals surface area contributed by atoms with Crippen LogP contribution >= 0.6 is 11.8 Å². The van der Waals surface area contributed by atoms with Crippen LogP contribution < -0.4 is 4.90 Å². The molecule has 0 saturated carbocycles. The van der Waals surface area contributed by atoms with E-state index in [-0.39, 0.29) is 11.8 Å². The number of rotatable bonds is 6. The summed E-state index contributed by atoms with van der Waals surface area (Å²) in [5, 5.41) is 12.2. The second kappa shape index (κ2) is 10.3. The first-order valence-electron chi connectivity index (χ1n) is 11.6. The average molecular weight is 478 g/mol. The second-order valence-corrected chi connectivity index (χ2v) is 9.40. The number of carbonyl (C=O) groups is 2. The zero-order chi connectivity index (χ0) is 23.3. The molecule has 0 radical (unpaired) electrons. The number of aromatic nitrogens is 4. The van der Waals surface area contributed by atoms with Gasteiger partial charge in [0.05, 0.1) is 17.0 Å². The normalized spacial score (nSPS) is 16.2. The van der Waals surface area contributed by atoms with E-state index < -0.39 is 0 Å². The van der Waals surface area contributed by atoms with Gasteiger partial charge >= 0.3 is 0 Å². The van der Waals surface area contributed by atoms with E-state index >= 15 is 0 Å². The van der Waals surface area contributed by atoms with Gasteiger partial charge in [0.25, 0.3) is 5.91 Å². The molecule has 2 aliphatic rings. The summed E-state index contributed by atoms with van der Waals surface area (Å²) in [4.78, 5) is 32.6. The van der Waals surface area contributed by atoms with Crippen LogP contribution in [0.25, 0.3) is 5.69 Å². The van der Waals surface area contributed by atoms with Gasteiger partial charge in [0.15, 0.2) is 0 Å². The van der Waals surface area contributed by atoms with Crippen LogP contribution in [0.2, 0.25) is 0 Å². The SMILES string of the molecule is O=C(CSc1ccccc1C(=O)N1CCN(c2nnnn2-c2ccccc2)CC1)N1CCCC1. The molecule has 5 rings (SSSR count). The lowest BCUT2D eigenvalue weighted by atomic mass is 10.2. The molecule has 0 bridgehead atoms. The molecule has 9 nitrogen and oxygen atoms in total. The van der Waals surface area contributed by atoms with Gasteiger partial charge in [0.2, 0.25) is 11.9 Å². The van der Waals surface area contributed by atoms with Gasteiger partial charge in [0.1, 0.15) is 0 Å². The third kappa shape index (κ3) is 4.77. The minimum atomic E-state index is -0.000905. The standard InChI is InChI=1S/C24H27N7O2S/c32-22(28-12-6-7-13-28)18-34-21-11-5-4-10-20(21)23(33)29-14-16-30(17-15-29)24-25-26-27-31(24)19-8-2-1-3-9-19/h1-5,8-11H,6-7,12-18H2. The van der Waals surface area contributed by atoms with Crippen molar-refractivity contribution in [3.63, 3.8) is 0 Å². The number of thioether (sulfide) groups is 1. The zero-order valence-electron chi connectivity index (χ0n) is 18.9. The van der Waals surface area contributed by atoms with Gasteiger partial charge in [-0.15, -0.1) is 11.8 Å². The number of likely N-dealkylation sites (tertiary alicyclic amines) is 1. The molecule has 0 spiro atoms. The van der Waals surface area contributed by atoms with E-state index in [1.807, 2.05) is 64.4 Å². The van der Waals surface area contributed by atoms with Crippen molar-refractivity contribution in [1.29, 1.82) is 0 Å². The summed E-state index contributed by atoms with van der Waals surface area (Å²) in [5.74, 6) is 1.18. The molecule has 3 aromatic rings. The fraction of sp³-hybridized carbons (Fsp3) is 0.375. The number of benzene rings is 2. The van der Waals surface area contributed by atoms with E-state index in [1.165, 1.54) is 11.8 Å². The Bertz CT molecular complexity index is 1140. The topological polar surface area (TPSA) is 87.5 Å². The molecule has 0 unspecified atom stereocenters. The van der Waals surface area contributed by atoms with Gasteiger partial charge in [-0.3, -0.25) is 9.59 Å². The van der Waals surface area contributed by atoms with Crippen molar-refractivity contribution in [2.75, 3.05) is 49.9 Å². The van der Waals surface area contributed by atoms with Crippen molar-refractivity contribution < 1.29 is 9.59 Å². The van der Waals surface area contributed by atoms with E-state index in [1.54, 1.807) is 4.68 Å². The first kappa shape index (κ1) is 22.4. The number of tetrazole rings is 1. The molecule has 2 aliphatic heterocycles. The van der Waals surface area contributed by atoms with Crippen molar-refractivity contribution >= 4 is 29.5 Å². The van der Waals surface area contributed by atoms with Crippen LogP contribution in [0.1, 0.15) is 23.2 Å². The van der Waals surface area contributed by atoms with E-state index in [4.69, 9.17) is 0 Å². The molecule has 1 aromatic heterocycles. The summed E-state index contributed by atoms with van der Waals surface area (Å²) >= 11 is 1.45. The lowest BCUT2D eigenvalue weighted by Crippen LogP contribution is -2.49. The van der Waals surface area contributed by atoms with Crippen molar-refractivity contribution in [3.05, 3.63) is 60.2 Å². The Hall–Kier alpha value is -3.40. The van der Waals surface area contributed by atoms with Crippen LogP contribution in [-0.2, 0) is 4.79 Å². The van der Waals surface area contributed by atoms with Crippen LogP contribution in [0.5, 0.6) is 0 Å². The highest BCUT2D eigenvalue weighted by molar-refractivity contribution is 8.00. The molecule has 3 heterocycles. The minimum absolute atomic E-state index is 0.000905. The number of nitrogens with zero attached hydrogens (tertiary/aromatic N) is 7. The number of piperazine rings is 1. The molecule has 0 N–H and O–H groups in total. The quantitative estimate of drug-likeness (QED) is 0.504. The van der Waals surface area contributed by atoms with Gasteiger partial charge < -0.3 is 14.7 Å². The maximum atomic E-state index is 13.4. The van der Waals surface area contributed by atoms with Gasteiger partial charge in [-0.2, -0.15) is 4.68 Å². The predicted octanol–water partition coefficient (Wildman–Crippen LogP) is 2.34. The van der Waals surface area contributed by atoms with Crippen molar-refractivity contribution in [3.8, 4) is 5.69 Å². The summed E-state index contributed by atoms with van der Waals surface area (Å²) in [6, 6.07) is 17.4. The fourth-order valence-corrected chi connectivity index (χ4v) is 5.31. The average Bonchev–Trinajstić information content (AvgIpc) is 3.61. The monoisotopic (exact) mass is 477 g/mol. The minimum Gasteiger partial charge on any atom is -0.342 e. The fourth-order valence-electron chi connectivity index (χ4n) is 4.36. The van der Waals surface area contributed by atoms with Crippen LogP contribution in [0.15, 0.2) is 59.5 Å². The Balaban J connectivity index is 1.22. The zero-order valence-corrected chi connectivity index (χ0v) is 19.7. The number of hydrogen-bond acceptors (Lipinski definition) is 7. The van der Waals surface area contributed by atoms with Gasteiger partial charge in [0, 0.05) is 44.2 Å². The van der Waals surface area contributed by atoms with Crippen LogP contribution in [0.4, 0.5) is 5.95 Å². The Morgan fingerprint density at radius 2 is 1.53 bits per heavy atom. The van der Waals surface area contributed by atoms with E-state index in [0.717, 1.165) is 36.5 Å². The smallest absolute Gasteiger partial charge is 0.255 e. The first-order valence-corrected chi connectivity index (χ1v) is 12.6. The van der Waals surface area contributed by atoms with Crippen LogP contribution in [0.3, 0.4) is 0 Å². The molecule has 2 fully saturated rings. The largest absolute Gasteiger partial charge is 0.342 e. The number of hydrogen-bond donors (Lipinski definition) is 0. The van der Waals surface area contributed by atoms with Gasteiger partial charge in [-0.05, 0) is 47.5 Å².